The van der Waals surface area contributed by atoms with E-state index in [4.69, 9.17) is 0 Å². The van der Waals surface area contributed by atoms with Crippen LogP contribution in [0.25, 0.3) is 11.0 Å². The number of nitrogens with zero attached hydrogens (tertiary/aromatic N) is 1. The minimum Gasteiger partial charge on any atom is -0.341 e. The summed E-state index contributed by atoms with van der Waals surface area (Å²) in [5, 5.41) is 3.44. The van der Waals surface area contributed by atoms with E-state index in [2.05, 4.69) is 54.3 Å². The lowest BCUT2D eigenvalue weighted by Gasteiger charge is -2.08. The number of aromatic amines is 1. The van der Waals surface area contributed by atoms with Crippen LogP contribution in [-0.2, 0) is 6.54 Å². The lowest BCUT2D eigenvalue weighted by molar-refractivity contribution is 0.525. The smallest absolute Gasteiger partial charge is 0.121 e. The standard InChI is InChI=1S/C13H19N3/c1-4-10(3)14-8-12-15-11-7-5-6-9(2)13(11)16-12/h5-7,10,14H,4,8H2,1-3H3,(H,15,16). The summed E-state index contributed by atoms with van der Waals surface area (Å²) in [6.07, 6.45) is 1.14. The quantitative estimate of drug-likeness (QED) is 0.826. The van der Waals surface area contributed by atoms with Crippen molar-refractivity contribution in [2.75, 3.05) is 0 Å². The number of para-hydroxylation sites is 1. The Balaban J connectivity index is 2.17. The third-order valence-corrected chi connectivity index (χ3v) is 2.99. The maximum absolute atomic E-state index is 4.60. The third-order valence-electron chi connectivity index (χ3n) is 2.99. The van der Waals surface area contributed by atoms with Crippen LogP contribution in [0.1, 0.15) is 31.7 Å². The Morgan fingerprint density at radius 3 is 2.94 bits per heavy atom. The molecule has 2 N–H and O–H groups in total. The molecule has 0 bridgehead atoms. The summed E-state index contributed by atoms with van der Waals surface area (Å²) in [4.78, 5) is 7.94. The first-order chi connectivity index (χ1) is 7.70. The van der Waals surface area contributed by atoms with Crippen LogP contribution >= 0.6 is 0 Å². The second-order valence-electron chi connectivity index (χ2n) is 4.34. The van der Waals surface area contributed by atoms with Gasteiger partial charge in [0.15, 0.2) is 0 Å². The van der Waals surface area contributed by atoms with Crippen LogP contribution in [0, 0.1) is 6.92 Å². The number of H-pyrrole nitrogens is 1. The summed E-state index contributed by atoms with van der Waals surface area (Å²) in [6, 6.07) is 6.76. The minimum atomic E-state index is 0.536. The van der Waals surface area contributed by atoms with Crippen LogP contribution in [0.4, 0.5) is 0 Å². The first-order valence-corrected chi connectivity index (χ1v) is 5.88. The molecule has 2 aromatic rings. The topological polar surface area (TPSA) is 40.7 Å². The normalized spacial score (nSPS) is 13.2. The number of rotatable bonds is 4. The van der Waals surface area contributed by atoms with E-state index >= 15 is 0 Å². The highest BCUT2D eigenvalue weighted by atomic mass is 15.0. The van der Waals surface area contributed by atoms with E-state index in [-0.39, 0.29) is 0 Å². The summed E-state index contributed by atoms with van der Waals surface area (Å²) in [7, 11) is 0. The second-order valence-corrected chi connectivity index (χ2v) is 4.34. The molecule has 0 saturated heterocycles. The zero-order valence-electron chi connectivity index (χ0n) is 10.2. The molecule has 0 amide bonds. The van der Waals surface area contributed by atoms with Gasteiger partial charge in [0.2, 0.25) is 0 Å². The van der Waals surface area contributed by atoms with E-state index in [0.717, 1.165) is 29.8 Å². The van der Waals surface area contributed by atoms with Gasteiger partial charge in [0.05, 0.1) is 17.6 Å². The van der Waals surface area contributed by atoms with Gasteiger partial charge in [-0.1, -0.05) is 19.1 Å². The number of fused-ring (bicyclic) bond motifs is 1. The molecule has 1 unspecified atom stereocenters. The maximum atomic E-state index is 4.60. The van der Waals surface area contributed by atoms with E-state index in [1.807, 2.05) is 0 Å². The van der Waals surface area contributed by atoms with Crippen LogP contribution in [0.2, 0.25) is 0 Å². The van der Waals surface area contributed by atoms with Gasteiger partial charge in [0.25, 0.3) is 0 Å². The Labute approximate surface area is 96.3 Å². The van der Waals surface area contributed by atoms with Gasteiger partial charge in [-0.05, 0) is 31.9 Å². The van der Waals surface area contributed by atoms with Crippen molar-refractivity contribution in [3.05, 3.63) is 29.6 Å². The van der Waals surface area contributed by atoms with Gasteiger partial charge in [-0.25, -0.2) is 4.98 Å². The lowest BCUT2D eigenvalue weighted by Crippen LogP contribution is -2.24. The Morgan fingerprint density at radius 1 is 1.44 bits per heavy atom. The van der Waals surface area contributed by atoms with Gasteiger partial charge >= 0.3 is 0 Å². The average Bonchev–Trinajstić information content (AvgIpc) is 2.70. The summed E-state index contributed by atoms with van der Waals surface area (Å²) < 4.78 is 0. The van der Waals surface area contributed by atoms with Crippen LogP contribution in [0.15, 0.2) is 18.2 Å². The molecule has 1 aromatic heterocycles. The Kier molecular flexibility index (Phi) is 3.25. The SMILES string of the molecule is CCC(C)NCc1nc2c(C)cccc2[nH]1. The highest BCUT2D eigenvalue weighted by Crippen LogP contribution is 2.15. The number of aromatic nitrogens is 2. The van der Waals surface area contributed by atoms with Crippen molar-refractivity contribution in [2.24, 2.45) is 0 Å². The first kappa shape index (κ1) is 11.1. The van der Waals surface area contributed by atoms with Crippen molar-refractivity contribution in [1.82, 2.24) is 15.3 Å². The van der Waals surface area contributed by atoms with Gasteiger partial charge in [-0.2, -0.15) is 0 Å². The number of imidazole rings is 1. The maximum Gasteiger partial charge on any atom is 0.121 e. The van der Waals surface area contributed by atoms with Gasteiger partial charge in [0, 0.05) is 6.04 Å². The Morgan fingerprint density at radius 2 is 2.25 bits per heavy atom. The van der Waals surface area contributed by atoms with Gasteiger partial charge in [-0.3, -0.25) is 0 Å². The molecule has 0 radical (unpaired) electrons. The summed E-state index contributed by atoms with van der Waals surface area (Å²) >= 11 is 0. The minimum absolute atomic E-state index is 0.536. The number of hydrogen-bond acceptors (Lipinski definition) is 2. The van der Waals surface area contributed by atoms with Crippen LogP contribution in [0.3, 0.4) is 0 Å². The van der Waals surface area contributed by atoms with Crippen molar-refractivity contribution in [3.63, 3.8) is 0 Å². The largest absolute Gasteiger partial charge is 0.341 e. The van der Waals surface area contributed by atoms with Gasteiger partial charge < -0.3 is 10.3 Å². The number of hydrogen-bond donors (Lipinski definition) is 2. The van der Waals surface area contributed by atoms with Crippen molar-refractivity contribution < 1.29 is 0 Å². The summed E-state index contributed by atoms with van der Waals surface area (Å²) in [5.74, 6) is 1.02. The molecule has 16 heavy (non-hydrogen) atoms. The van der Waals surface area contributed by atoms with Crippen LogP contribution < -0.4 is 5.32 Å². The van der Waals surface area contributed by atoms with Crippen LogP contribution in [-0.4, -0.2) is 16.0 Å². The van der Waals surface area contributed by atoms with Gasteiger partial charge in [0.1, 0.15) is 5.82 Å². The van der Waals surface area contributed by atoms with Crippen LogP contribution in [0.5, 0.6) is 0 Å². The molecule has 0 aliphatic heterocycles. The predicted octanol–water partition coefficient (Wildman–Crippen LogP) is 2.76. The van der Waals surface area contributed by atoms with Gasteiger partial charge in [-0.15, -0.1) is 0 Å². The van der Waals surface area contributed by atoms with E-state index in [9.17, 15) is 0 Å². The third kappa shape index (κ3) is 2.25. The zero-order chi connectivity index (χ0) is 11.5. The molecular weight excluding hydrogens is 198 g/mol. The molecular formula is C13H19N3. The molecule has 1 aromatic carbocycles. The molecule has 0 aliphatic rings. The Bertz CT molecular complexity index is 473. The fourth-order valence-corrected chi connectivity index (χ4v) is 1.73. The van der Waals surface area contributed by atoms with Crippen molar-refractivity contribution in [2.45, 2.75) is 39.8 Å². The molecule has 3 heteroatoms. The summed E-state index contributed by atoms with van der Waals surface area (Å²) in [5.41, 5.74) is 3.44. The second kappa shape index (κ2) is 4.66. The average molecular weight is 217 g/mol. The van der Waals surface area contributed by atoms with Crippen molar-refractivity contribution in [1.29, 1.82) is 0 Å². The highest BCUT2D eigenvalue weighted by Gasteiger charge is 2.05. The zero-order valence-corrected chi connectivity index (χ0v) is 10.2. The predicted molar refractivity (Wildman–Crippen MR) is 67.4 cm³/mol. The number of benzene rings is 1. The van der Waals surface area contributed by atoms with E-state index in [1.165, 1.54) is 5.56 Å². The number of nitrogens with one attached hydrogen (secondary N) is 2. The fraction of sp³-hybridized carbons (Fsp3) is 0.462. The van der Waals surface area contributed by atoms with E-state index in [0.29, 0.717) is 6.04 Å². The summed E-state index contributed by atoms with van der Waals surface area (Å²) in [6.45, 7) is 7.27. The molecule has 1 atom stereocenters. The first-order valence-electron chi connectivity index (χ1n) is 5.88. The molecule has 1 heterocycles. The van der Waals surface area contributed by atoms with E-state index in [1.54, 1.807) is 0 Å². The lowest BCUT2D eigenvalue weighted by atomic mass is 10.2. The molecule has 0 aliphatic carbocycles. The molecule has 0 saturated carbocycles. The van der Waals surface area contributed by atoms with E-state index < -0.39 is 0 Å². The van der Waals surface area contributed by atoms with Crippen molar-refractivity contribution >= 4 is 11.0 Å². The monoisotopic (exact) mass is 217 g/mol. The molecule has 3 nitrogen and oxygen atoms in total. The fourth-order valence-electron chi connectivity index (χ4n) is 1.73. The highest BCUT2D eigenvalue weighted by molar-refractivity contribution is 5.78. The van der Waals surface area contributed by atoms with Crippen molar-refractivity contribution in [3.8, 4) is 0 Å². The number of aryl methyl sites for hydroxylation is 1. The molecule has 0 fully saturated rings. The Hall–Kier alpha value is -1.35. The molecule has 0 spiro atoms. The molecule has 2 rings (SSSR count). The molecule has 86 valence electrons.